The highest BCUT2D eigenvalue weighted by Crippen LogP contribution is 2.31. The molecular formula is C23H31N5O3S. The summed E-state index contributed by atoms with van der Waals surface area (Å²) >= 11 is 1.46. The Morgan fingerprint density at radius 3 is 2.59 bits per heavy atom. The Kier molecular flexibility index (Phi) is 8.46. The molecule has 8 nitrogen and oxygen atoms in total. The quantitative estimate of drug-likeness (QED) is 0.348. The SMILES string of the molecule is CC(C)CCSc1ccc(C(=O)NCc2ccc(N3CCN(C)CC3)nc2)cc1[N+](=O)[O-]. The third kappa shape index (κ3) is 6.67. The van der Waals surface area contributed by atoms with Crippen molar-refractivity contribution >= 4 is 29.2 Å². The van der Waals surface area contributed by atoms with E-state index in [1.807, 2.05) is 12.1 Å². The van der Waals surface area contributed by atoms with Gasteiger partial charge < -0.3 is 15.1 Å². The Bertz CT molecular complexity index is 928. The summed E-state index contributed by atoms with van der Waals surface area (Å²) in [5.41, 5.74) is 1.14. The number of amides is 1. The number of aromatic nitrogens is 1. The summed E-state index contributed by atoms with van der Waals surface area (Å²) in [4.78, 5) is 33.3. The highest BCUT2D eigenvalue weighted by atomic mass is 32.2. The number of benzene rings is 1. The molecule has 3 rings (SSSR count). The van der Waals surface area contributed by atoms with Crippen LogP contribution in [-0.2, 0) is 6.54 Å². The second-order valence-corrected chi connectivity index (χ2v) is 9.60. The number of hydrogen-bond acceptors (Lipinski definition) is 7. The zero-order valence-corrected chi connectivity index (χ0v) is 19.7. The number of pyridine rings is 1. The normalized spacial score (nSPS) is 14.6. The lowest BCUT2D eigenvalue weighted by atomic mass is 10.2. The van der Waals surface area contributed by atoms with Gasteiger partial charge in [0.2, 0.25) is 0 Å². The first-order valence-electron chi connectivity index (χ1n) is 10.9. The summed E-state index contributed by atoms with van der Waals surface area (Å²) in [6.45, 7) is 8.48. The summed E-state index contributed by atoms with van der Waals surface area (Å²) in [6.07, 6.45) is 2.75. The molecule has 32 heavy (non-hydrogen) atoms. The van der Waals surface area contributed by atoms with E-state index in [1.165, 1.54) is 17.8 Å². The fourth-order valence-corrected chi connectivity index (χ4v) is 4.61. The zero-order valence-electron chi connectivity index (χ0n) is 18.9. The summed E-state index contributed by atoms with van der Waals surface area (Å²) in [5.74, 6) is 1.95. The van der Waals surface area contributed by atoms with Gasteiger partial charge in [-0.3, -0.25) is 14.9 Å². The molecule has 172 valence electrons. The van der Waals surface area contributed by atoms with Gasteiger partial charge in [-0.1, -0.05) is 19.9 Å². The second-order valence-electron chi connectivity index (χ2n) is 8.47. The summed E-state index contributed by atoms with van der Waals surface area (Å²) in [5, 5.41) is 14.3. The number of carbonyl (C=O) groups excluding carboxylic acids is 1. The van der Waals surface area contributed by atoms with Gasteiger partial charge in [0, 0.05) is 50.6 Å². The van der Waals surface area contributed by atoms with Crippen LogP contribution in [0.1, 0.15) is 36.2 Å². The zero-order chi connectivity index (χ0) is 23.1. The van der Waals surface area contributed by atoms with E-state index in [9.17, 15) is 14.9 Å². The molecule has 1 N–H and O–H groups in total. The first-order chi connectivity index (χ1) is 15.3. The van der Waals surface area contributed by atoms with Gasteiger partial charge in [-0.2, -0.15) is 0 Å². The molecule has 0 spiro atoms. The second kappa shape index (κ2) is 11.3. The highest BCUT2D eigenvalue weighted by molar-refractivity contribution is 7.99. The molecule has 0 saturated carbocycles. The van der Waals surface area contributed by atoms with Gasteiger partial charge in [0.05, 0.1) is 9.82 Å². The van der Waals surface area contributed by atoms with Crippen molar-refractivity contribution in [3.05, 3.63) is 57.8 Å². The van der Waals surface area contributed by atoms with Crippen LogP contribution in [0.5, 0.6) is 0 Å². The number of likely N-dealkylation sites (N-methyl/N-ethyl adjacent to an activating group) is 1. The average molecular weight is 458 g/mol. The van der Waals surface area contributed by atoms with Gasteiger partial charge in [-0.05, 0) is 48.9 Å². The third-order valence-electron chi connectivity index (χ3n) is 5.46. The molecule has 0 radical (unpaired) electrons. The molecule has 1 aliphatic heterocycles. The average Bonchev–Trinajstić information content (AvgIpc) is 2.78. The van der Waals surface area contributed by atoms with Crippen LogP contribution in [0.3, 0.4) is 0 Å². The number of nitrogens with one attached hydrogen (secondary N) is 1. The van der Waals surface area contributed by atoms with Gasteiger partial charge in [-0.15, -0.1) is 11.8 Å². The van der Waals surface area contributed by atoms with Crippen molar-refractivity contribution in [3.63, 3.8) is 0 Å². The van der Waals surface area contributed by atoms with Crippen LogP contribution in [0.25, 0.3) is 0 Å². The molecule has 1 aromatic carbocycles. The molecule has 0 atom stereocenters. The Balaban J connectivity index is 1.58. The maximum Gasteiger partial charge on any atom is 0.283 e. The van der Waals surface area contributed by atoms with Crippen LogP contribution < -0.4 is 10.2 Å². The molecule has 2 heterocycles. The monoisotopic (exact) mass is 457 g/mol. The molecule has 1 aliphatic rings. The van der Waals surface area contributed by atoms with Crippen LogP contribution in [0.2, 0.25) is 0 Å². The van der Waals surface area contributed by atoms with E-state index in [0.29, 0.717) is 17.4 Å². The first-order valence-corrected chi connectivity index (χ1v) is 11.9. The molecule has 0 unspecified atom stereocenters. The van der Waals surface area contributed by atoms with E-state index in [2.05, 4.69) is 41.0 Å². The van der Waals surface area contributed by atoms with Crippen LogP contribution in [0.4, 0.5) is 11.5 Å². The fraction of sp³-hybridized carbons (Fsp3) is 0.478. The number of nitro benzene ring substituents is 1. The van der Waals surface area contributed by atoms with E-state index in [4.69, 9.17) is 0 Å². The lowest BCUT2D eigenvalue weighted by molar-refractivity contribution is -0.387. The molecule has 1 fully saturated rings. The number of carbonyl (C=O) groups is 1. The number of nitrogens with zero attached hydrogens (tertiary/aromatic N) is 4. The molecule has 0 bridgehead atoms. The van der Waals surface area contributed by atoms with Crippen molar-refractivity contribution in [2.45, 2.75) is 31.7 Å². The van der Waals surface area contributed by atoms with Crippen LogP contribution in [0.15, 0.2) is 41.4 Å². The third-order valence-corrected chi connectivity index (χ3v) is 6.56. The van der Waals surface area contributed by atoms with Crippen LogP contribution >= 0.6 is 11.8 Å². The molecular weight excluding hydrogens is 426 g/mol. The minimum Gasteiger partial charge on any atom is -0.354 e. The van der Waals surface area contributed by atoms with Crippen molar-refractivity contribution < 1.29 is 9.72 Å². The van der Waals surface area contributed by atoms with E-state index < -0.39 is 4.92 Å². The predicted octanol–water partition coefficient (Wildman–Crippen LogP) is 3.81. The summed E-state index contributed by atoms with van der Waals surface area (Å²) in [7, 11) is 2.12. The maximum atomic E-state index is 12.6. The molecule has 9 heteroatoms. The lowest BCUT2D eigenvalue weighted by Crippen LogP contribution is -2.44. The Labute approximate surface area is 193 Å². The van der Waals surface area contributed by atoms with E-state index in [-0.39, 0.29) is 17.2 Å². The Hall–Kier alpha value is -2.65. The lowest BCUT2D eigenvalue weighted by Gasteiger charge is -2.33. The Morgan fingerprint density at radius 2 is 1.97 bits per heavy atom. The summed E-state index contributed by atoms with van der Waals surface area (Å²) in [6, 6.07) is 8.61. The largest absolute Gasteiger partial charge is 0.354 e. The number of hydrogen-bond donors (Lipinski definition) is 1. The van der Waals surface area contributed by atoms with Gasteiger partial charge in [0.15, 0.2) is 0 Å². The number of rotatable bonds is 9. The molecule has 1 aromatic heterocycles. The topological polar surface area (TPSA) is 91.6 Å². The molecule has 2 aromatic rings. The van der Waals surface area contributed by atoms with E-state index in [0.717, 1.165) is 49.7 Å². The maximum absolute atomic E-state index is 12.6. The van der Waals surface area contributed by atoms with Crippen molar-refractivity contribution in [1.29, 1.82) is 0 Å². The molecule has 1 amide bonds. The van der Waals surface area contributed by atoms with Gasteiger partial charge in [0.25, 0.3) is 11.6 Å². The molecule has 1 saturated heterocycles. The van der Waals surface area contributed by atoms with E-state index >= 15 is 0 Å². The number of piperazine rings is 1. The van der Waals surface area contributed by atoms with Gasteiger partial charge >= 0.3 is 0 Å². The minimum atomic E-state index is -0.421. The highest BCUT2D eigenvalue weighted by Gasteiger charge is 2.18. The predicted molar refractivity (Wildman–Crippen MR) is 128 cm³/mol. The standard InChI is InChI=1S/C23H31N5O3S/c1-17(2)8-13-32-21-6-5-19(14-20(21)28(30)31)23(29)25-16-18-4-7-22(24-15-18)27-11-9-26(3)10-12-27/h4-7,14-15,17H,8-13,16H2,1-3H3,(H,25,29). The van der Waals surface area contributed by atoms with Gasteiger partial charge in [0.1, 0.15) is 5.82 Å². The van der Waals surface area contributed by atoms with E-state index in [1.54, 1.807) is 18.3 Å². The fourth-order valence-electron chi connectivity index (χ4n) is 3.36. The van der Waals surface area contributed by atoms with Crippen molar-refractivity contribution in [2.24, 2.45) is 5.92 Å². The van der Waals surface area contributed by atoms with Crippen LogP contribution in [0, 0.1) is 16.0 Å². The van der Waals surface area contributed by atoms with Crippen molar-refractivity contribution in [1.82, 2.24) is 15.2 Å². The number of thioether (sulfide) groups is 1. The van der Waals surface area contributed by atoms with Gasteiger partial charge in [-0.25, -0.2) is 4.98 Å². The first kappa shape index (κ1) is 24.0. The van der Waals surface area contributed by atoms with Crippen molar-refractivity contribution in [2.75, 3.05) is 43.9 Å². The number of anilines is 1. The molecule has 0 aliphatic carbocycles. The van der Waals surface area contributed by atoms with Crippen molar-refractivity contribution in [3.8, 4) is 0 Å². The van der Waals surface area contributed by atoms with Crippen LogP contribution in [-0.4, -0.2) is 59.7 Å². The minimum absolute atomic E-state index is 0.0235. The smallest absolute Gasteiger partial charge is 0.283 e. The summed E-state index contributed by atoms with van der Waals surface area (Å²) < 4.78 is 0. The Morgan fingerprint density at radius 1 is 1.22 bits per heavy atom. The number of nitro groups is 1.